The first-order valence-corrected chi connectivity index (χ1v) is 6.62. The van der Waals surface area contributed by atoms with Crippen molar-refractivity contribution in [2.45, 2.75) is 32.1 Å². The molecule has 3 rings (SSSR count). The normalized spacial score (nSPS) is 15.1. The highest BCUT2D eigenvalue weighted by Crippen LogP contribution is 2.39. The highest BCUT2D eigenvalue weighted by molar-refractivity contribution is 5.71. The van der Waals surface area contributed by atoms with Gasteiger partial charge < -0.3 is 4.98 Å². The maximum Gasteiger partial charge on any atom is 0.255 e. The van der Waals surface area contributed by atoms with Crippen molar-refractivity contribution in [3.05, 3.63) is 51.6 Å². The van der Waals surface area contributed by atoms with E-state index in [1.807, 2.05) is 24.3 Å². The van der Waals surface area contributed by atoms with Crippen LogP contribution in [-0.2, 0) is 18.3 Å². The van der Waals surface area contributed by atoms with E-state index in [0.29, 0.717) is 5.82 Å². The van der Waals surface area contributed by atoms with Gasteiger partial charge in [-0.05, 0) is 12.0 Å². The number of benzene rings is 1. The fraction of sp³-hybridized carbons (Fsp3) is 0.312. The summed E-state index contributed by atoms with van der Waals surface area (Å²) in [5.74, 6) is 0.434. The molecule has 1 aliphatic rings. The van der Waals surface area contributed by atoms with Crippen LogP contribution in [0.4, 0.5) is 0 Å². The summed E-state index contributed by atoms with van der Waals surface area (Å²) in [6, 6.07) is 10.1. The smallest absolute Gasteiger partial charge is 0.255 e. The Labute approximate surface area is 117 Å². The molecule has 100 valence electrons. The van der Waals surface area contributed by atoms with E-state index in [1.54, 1.807) is 0 Å². The van der Waals surface area contributed by atoms with Gasteiger partial charge in [-0.25, -0.2) is 4.98 Å². The second kappa shape index (κ2) is 4.31. The number of hydrogen-bond acceptors (Lipinski definition) is 3. The third kappa shape index (κ3) is 1.83. The predicted octanol–water partition coefficient (Wildman–Crippen LogP) is 2.34. The lowest BCUT2D eigenvalue weighted by Crippen LogP contribution is -2.35. The molecule has 20 heavy (non-hydrogen) atoms. The van der Waals surface area contributed by atoms with Crippen LogP contribution in [-0.4, -0.2) is 9.97 Å². The van der Waals surface area contributed by atoms with E-state index >= 15 is 0 Å². The number of aromatic amines is 1. The van der Waals surface area contributed by atoms with E-state index in [9.17, 15) is 4.79 Å². The van der Waals surface area contributed by atoms with Crippen LogP contribution in [0.25, 0.3) is 11.3 Å². The lowest BCUT2D eigenvalue weighted by atomic mass is 9.72. The minimum absolute atomic E-state index is 0.116. The molecule has 2 aromatic rings. The molecule has 1 aromatic carbocycles. The van der Waals surface area contributed by atoms with Crippen LogP contribution < -0.4 is 5.56 Å². The van der Waals surface area contributed by atoms with Crippen molar-refractivity contribution < 1.29 is 0 Å². The van der Waals surface area contributed by atoms with Crippen molar-refractivity contribution in [1.29, 1.82) is 5.26 Å². The monoisotopic (exact) mass is 265 g/mol. The minimum Gasteiger partial charge on any atom is -0.309 e. The number of nitriles is 1. The van der Waals surface area contributed by atoms with E-state index in [1.165, 1.54) is 5.56 Å². The Morgan fingerprint density at radius 3 is 2.90 bits per heavy atom. The van der Waals surface area contributed by atoms with Gasteiger partial charge in [0.05, 0.1) is 18.2 Å². The Bertz CT molecular complexity index is 781. The van der Waals surface area contributed by atoms with Crippen LogP contribution in [0.5, 0.6) is 0 Å². The van der Waals surface area contributed by atoms with Gasteiger partial charge in [-0.1, -0.05) is 38.1 Å². The summed E-state index contributed by atoms with van der Waals surface area (Å²) >= 11 is 0. The second-order valence-corrected chi connectivity index (χ2v) is 5.79. The molecule has 0 spiro atoms. The summed E-state index contributed by atoms with van der Waals surface area (Å²) < 4.78 is 0. The van der Waals surface area contributed by atoms with E-state index < -0.39 is 0 Å². The SMILES string of the molecule is CC1(C)Cc2ccccc2-c2nc(CC#N)[nH]c(=O)c21. The van der Waals surface area contributed by atoms with E-state index in [0.717, 1.165) is 23.2 Å². The first-order valence-electron chi connectivity index (χ1n) is 6.62. The molecule has 4 heteroatoms. The average Bonchev–Trinajstić information content (AvgIpc) is 2.37. The fourth-order valence-corrected chi connectivity index (χ4v) is 2.97. The van der Waals surface area contributed by atoms with Crippen molar-refractivity contribution in [1.82, 2.24) is 9.97 Å². The Balaban J connectivity index is 2.35. The number of H-pyrrole nitrogens is 1. The summed E-state index contributed by atoms with van der Waals surface area (Å²) in [4.78, 5) is 19.6. The molecule has 1 aromatic heterocycles. The highest BCUT2D eigenvalue weighted by Gasteiger charge is 2.34. The molecule has 0 amide bonds. The van der Waals surface area contributed by atoms with Crippen LogP contribution in [0.2, 0.25) is 0 Å². The highest BCUT2D eigenvalue weighted by atomic mass is 16.1. The summed E-state index contributed by atoms with van der Waals surface area (Å²) in [6.07, 6.45) is 0.934. The van der Waals surface area contributed by atoms with Crippen LogP contribution in [0.3, 0.4) is 0 Å². The van der Waals surface area contributed by atoms with Crippen molar-refractivity contribution in [3.8, 4) is 17.3 Å². The zero-order chi connectivity index (χ0) is 14.3. The zero-order valence-corrected chi connectivity index (χ0v) is 11.5. The minimum atomic E-state index is -0.255. The maximum absolute atomic E-state index is 12.4. The lowest BCUT2D eigenvalue weighted by molar-refractivity contribution is 0.506. The summed E-state index contributed by atoms with van der Waals surface area (Å²) in [6.45, 7) is 4.12. The molecule has 0 aliphatic heterocycles. The Morgan fingerprint density at radius 2 is 2.15 bits per heavy atom. The van der Waals surface area contributed by atoms with Crippen LogP contribution in [0, 0.1) is 11.3 Å². The van der Waals surface area contributed by atoms with Crippen molar-refractivity contribution >= 4 is 0 Å². The number of fused-ring (bicyclic) bond motifs is 3. The molecular formula is C16H15N3O. The lowest BCUT2D eigenvalue weighted by Gasteiger charge is -2.32. The van der Waals surface area contributed by atoms with Gasteiger partial charge in [0.15, 0.2) is 0 Å². The van der Waals surface area contributed by atoms with Crippen molar-refractivity contribution in [3.63, 3.8) is 0 Å². The fourth-order valence-electron chi connectivity index (χ4n) is 2.97. The largest absolute Gasteiger partial charge is 0.309 e. The number of aromatic nitrogens is 2. The third-order valence-electron chi connectivity index (χ3n) is 3.80. The first-order chi connectivity index (χ1) is 9.53. The van der Waals surface area contributed by atoms with Crippen molar-refractivity contribution in [2.75, 3.05) is 0 Å². The van der Waals surface area contributed by atoms with Gasteiger partial charge in [0, 0.05) is 16.5 Å². The van der Waals surface area contributed by atoms with Crippen LogP contribution in [0.15, 0.2) is 29.1 Å². The summed E-state index contributed by atoms with van der Waals surface area (Å²) in [5, 5.41) is 8.80. The maximum atomic E-state index is 12.4. The van der Waals surface area contributed by atoms with Crippen LogP contribution in [0.1, 0.15) is 30.8 Å². The Kier molecular flexibility index (Phi) is 2.72. The molecule has 0 bridgehead atoms. The van der Waals surface area contributed by atoms with Gasteiger partial charge in [-0.15, -0.1) is 0 Å². The van der Waals surface area contributed by atoms with Crippen LogP contribution >= 0.6 is 0 Å². The van der Waals surface area contributed by atoms with E-state index in [-0.39, 0.29) is 17.4 Å². The summed E-state index contributed by atoms with van der Waals surface area (Å²) in [7, 11) is 0. The molecule has 4 nitrogen and oxygen atoms in total. The molecule has 0 radical (unpaired) electrons. The number of nitrogens with zero attached hydrogens (tertiary/aromatic N) is 2. The Morgan fingerprint density at radius 1 is 1.40 bits per heavy atom. The molecule has 1 aliphatic carbocycles. The quantitative estimate of drug-likeness (QED) is 0.860. The van der Waals surface area contributed by atoms with Gasteiger partial charge in [0.25, 0.3) is 5.56 Å². The molecule has 0 atom stereocenters. The molecule has 1 heterocycles. The zero-order valence-electron chi connectivity index (χ0n) is 11.5. The van der Waals surface area contributed by atoms with Gasteiger partial charge in [0.1, 0.15) is 5.82 Å². The van der Waals surface area contributed by atoms with Gasteiger partial charge in [-0.2, -0.15) is 5.26 Å². The average molecular weight is 265 g/mol. The van der Waals surface area contributed by atoms with Gasteiger partial charge >= 0.3 is 0 Å². The first kappa shape index (κ1) is 12.6. The molecule has 0 saturated carbocycles. The van der Waals surface area contributed by atoms with Gasteiger partial charge in [0.2, 0.25) is 0 Å². The Hall–Kier alpha value is -2.41. The molecule has 0 saturated heterocycles. The standard InChI is InChI=1S/C16H15N3O/c1-16(2)9-10-5-3-4-6-11(10)14-13(16)15(20)19-12(18-14)7-8-17/h3-6H,7,9H2,1-2H3,(H,18,19,20). The molecule has 0 unspecified atom stereocenters. The van der Waals surface area contributed by atoms with Gasteiger partial charge in [-0.3, -0.25) is 4.79 Å². The van der Waals surface area contributed by atoms with E-state index in [2.05, 4.69) is 29.9 Å². The van der Waals surface area contributed by atoms with Crippen molar-refractivity contribution in [2.24, 2.45) is 0 Å². The molecule has 1 N–H and O–H groups in total. The molecule has 0 fully saturated rings. The predicted molar refractivity (Wildman–Crippen MR) is 76.3 cm³/mol. The number of nitrogens with one attached hydrogen (secondary N) is 1. The number of rotatable bonds is 1. The topological polar surface area (TPSA) is 69.5 Å². The molecular weight excluding hydrogens is 250 g/mol. The number of hydrogen-bond donors (Lipinski definition) is 1. The van der Waals surface area contributed by atoms with E-state index in [4.69, 9.17) is 5.26 Å². The summed E-state index contributed by atoms with van der Waals surface area (Å²) in [5.41, 5.74) is 3.27. The third-order valence-corrected chi connectivity index (χ3v) is 3.80. The second-order valence-electron chi connectivity index (χ2n) is 5.79.